The number of ether oxygens (including phenoxy) is 1. The number of carbonyl (C=O) groups excluding carboxylic acids is 1. The number of rotatable bonds is 3. The Labute approximate surface area is 189 Å². The van der Waals surface area contributed by atoms with Crippen molar-refractivity contribution in [3.05, 3.63) is 42.6 Å². The van der Waals surface area contributed by atoms with Crippen molar-refractivity contribution in [3.8, 4) is 11.8 Å². The molecular formula is C19H17Br2N3O2S2. The molecule has 1 aliphatic carbocycles. The second-order valence-corrected chi connectivity index (χ2v) is 9.83. The van der Waals surface area contributed by atoms with Crippen LogP contribution in [0, 0.1) is 17.2 Å². The van der Waals surface area contributed by atoms with Crippen LogP contribution in [-0.4, -0.2) is 18.1 Å². The summed E-state index contributed by atoms with van der Waals surface area (Å²) < 4.78 is 6.71. The lowest BCUT2D eigenvalue weighted by atomic mass is 9.89. The van der Waals surface area contributed by atoms with Crippen molar-refractivity contribution in [2.75, 3.05) is 12.4 Å². The van der Waals surface area contributed by atoms with Gasteiger partial charge >= 0.3 is 0 Å². The maximum absolute atomic E-state index is 12.7. The van der Waals surface area contributed by atoms with E-state index in [1.165, 1.54) is 12.0 Å². The smallest absolute Gasteiger partial charge is 0.261 e. The molecule has 2 aromatic rings. The van der Waals surface area contributed by atoms with E-state index in [0.29, 0.717) is 32.3 Å². The van der Waals surface area contributed by atoms with Crippen molar-refractivity contribution in [2.24, 2.45) is 5.92 Å². The zero-order chi connectivity index (χ0) is 20.4. The van der Waals surface area contributed by atoms with E-state index in [4.69, 9.17) is 17.0 Å². The van der Waals surface area contributed by atoms with Crippen LogP contribution in [0.2, 0.25) is 0 Å². The van der Waals surface area contributed by atoms with Gasteiger partial charge in [-0.05, 0) is 71.0 Å². The van der Waals surface area contributed by atoms with Gasteiger partial charge in [0.15, 0.2) is 5.11 Å². The summed E-state index contributed by atoms with van der Waals surface area (Å²) in [6.07, 6.45) is 2.95. The predicted molar refractivity (Wildman–Crippen MR) is 122 cm³/mol. The minimum atomic E-state index is -0.398. The first kappa shape index (κ1) is 21.2. The molecule has 1 atom stereocenters. The van der Waals surface area contributed by atoms with Gasteiger partial charge in [-0.25, -0.2) is 0 Å². The van der Waals surface area contributed by atoms with E-state index in [0.717, 1.165) is 29.3 Å². The Balaban J connectivity index is 1.79. The Kier molecular flexibility index (Phi) is 6.76. The second-order valence-electron chi connectivity index (χ2n) is 6.54. The molecule has 0 bridgehead atoms. The van der Waals surface area contributed by atoms with Crippen LogP contribution in [-0.2, 0) is 12.8 Å². The van der Waals surface area contributed by atoms with Crippen molar-refractivity contribution in [1.29, 1.82) is 5.26 Å². The van der Waals surface area contributed by atoms with Crippen LogP contribution in [0.25, 0.3) is 0 Å². The molecular weight excluding hydrogens is 526 g/mol. The molecule has 1 aliphatic rings. The predicted octanol–water partition coefficient (Wildman–Crippen LogP) is 5.40. The molecule has 0 aliphatic heterocycles. The number of carbonyl (C=O) groups is 1. The highest BCUT2D eigenvalue weighted by atomic mass is 79.9. The molecule has 0 unspecified atom stereocenters. The number of hydrogen-bond acceptors (Lipinski definition) is 5. The third-order valence-corrected chi connectivity index (χ3v) is 6.96. The number of benzene rings is 1. The molecule has 0 spiro atoms. The van der Waals surface area contributed by atoms with Crippen molar-refractivity contribution < 1.29 is 9.53 Å². The summed E-state index contributed by atoms with van der Waals surface area (Å²) in [5.74, 6) is 0.631. The lowest BCUT2D eigenvalue weighted by molar-refractivity contribution is 0.0974. The molecule has 28 heavy (non-hydrogen) atoms. The number of methoxy groups -OCH3 is 1. The number of fused-ring (bicyclic) bond motifs is 1. The number of halogens is 2. The van der Waals surface area contributed by atoms with E-state index in [1.807, 2.05) is 0 Å². The normalized spacial score (nSPS) is 15.3. The summed E-state index contributed by atoms with van der Waals surface area (Å²) in [5.41, 5.74) is 2.08. The number of anilines is 1. The second kappa shape index (κ2) is 8.91. The van der Waals surface area contributed by atoms with E-state index in [9.17, 15) is 10.1 Å². The number of hydrogen-bond donors (Lipinski definition) is 2. The first-order valence-corrected chi connectivity index (χ1v) is 11.3. The Morgan fingerprint density at radius 3 is 2.86 bits per heavy atom. The van der Waals surface area contributed by atoms with Crippen LogP contribution < -0.4 is 15.4 Å². The van der Waals surface area contributed by atoms with Crippen LogP contribution in [0.5, 0.6) is 5.75 Å². The average molecular weight is 543 g/mol. The van der Waals surface area contributed by atoms with Gasteiger partial charge in [-0.2, -0.15) is 5.26 Å². The summed E-state index contributed by atoms with van der Waals surface area (Å²) in [6.45, 7) is 2.22. The van der Waals surface area contributed by atoms with Gasteiger partial charge in [0.1, 0.15) is 16.8 Å². The van der Waals surface area contributed by atoms with Crippen molar-refractivity contribution in [3.63, 3.8) is 0 Å². The van der Waals surface area contributed by atoms with Gasteiger partial charge in [0, 0.05) is 9.35 Å². The fraction of sp³-hybridized carbons (Fsp3) is 0.316. The molecule has 1 amide bonds. The van der Waals surface area contributed by atoms with Crippen LogP contribution in [0.4, 0.5) is 5.00 Å². The van der Waals surface area contributed by atoms with Gasteiger partial charge in [0.2, 0.25) is 0 Å². The lowest BCUT2D eigenvalue weighted by Gasteiger charge is -2.17. The first-order valence-electron chi connectivity index (χ1n) is 8.54. The quantitative estimate of drug-likeness (QED) is 0.507. The summed E-state index contributed by atoms with van der Waals surface area (Å²) in [5, 5.41) is 16.1. The Morgan fingerprint density at radius 2 is 2.18 bits per heavy atom. The third-order valence-electron chi connectivity index (χ3n) is 4.53. The molecule has 0 fully saturated rings. The zero-order valence-electron chi connectivity index (χ0n) is 15.2. The van der Waals surface area contributed by atoms with E-state index in [-0.39, 0.29) is 5.11 Å². The molecule has 3 rings (SSSR count). The molecule has 1 aromatic heterocycles. The number of amides is 1. The van der Waals surface area contributed by atoms with Gasteiger partial charge in [-0.1, -0.05) is 22.9 Å². The minimum absolute atomic E-state index is 0.145. The molecule has 1 aromatic carbocycles. The van der Waals surface area contributed by atoms with E-state index in [2.05, 4.69) is 55.5 Å². The number of nitriles is 1. The van der Waals surface area contributed by atoms with Gasteiger partial charge in [-0.15, -0.1) is 11.3 Å². The fourth-order valence-corrected chi connectivity index (χ4v) is 6.21. The molecule has 0 radical (unpaired) electrons. The Bertz CT molecular complexity index is 998. The largest absolute Gasteiger partial charge is 0.495 e. The minimum Gasteiger partial charge on any atom is -0.495 e. The highest BCUT2D eigenvalue weighted by Gasteiger charge is 2.25. The summed E-state index contributed by atoms with van der Waals surface area (Å²) in [4.78, 5) is 13.9. The highest BCUT2D eigenvalue weighted by molar-refractivity contribution is 9.11. The van der Waals surface area contributed by atoms with E-state index >= 15 is 0 Å². The highest BCUT2D eigenvalue weighted by Crippen LogP contribution is 2.39. The monoisotopic (exact) mass is 541 g/mol. The van der Waals surface area contributed by atoms with Crippen molar-refractivity contribution >= 4 is 71.4 Å². The third kappa shape index (κ3) is 4.40. The summed E-state index contributed by atoms with van der Waals surface area (Å²) in [7, 11) is 1.50. The molecule has 5 nitrogen and oxygen atoms in total. The van der Waals surface area contributed by atoms with Gasteiger partial charge in [0.25, 0.3) is 5.91 Å². The van der Waals surface area contributed by atoms with Crippen molar-refractivity contribution in [1.82, 2.24) is 5.32 Å². The van der Waals surface area contributed by atoms with Crippen LogP contribution in [0.3, 0.4) is 0 Å². The maximum Gasteiger partial charge on any atom is 0.261 e. The molecule has 0 saturated carbocycles. The average Bonchev–Trinajstić information content (AvgIpc) is 2.96. The lowest BCUT2D eigenvalue weighted by Crippen LogP contribution is -2.34. The van der Waals surface area contributed by atoms with E-state index < -0.39 is 5.91 Å². The van der Waals surface area contributed by atoms with Crippen LogP contribution >= 0.6 is 55.4 Å². The Hall–Kier alpha value is -1.47. The zero-order valence-corrected chi connectivity index (χ0v) is 20.0. The molecule has 146 valence electrons. The summed E-state index contributed by atoms with van der Waals surface area (Å²) >= 11 is 13.6. The molecule has 9 heteroatoms. The number of nitrogens with one attached hydrogen (secondary N) is 2. The van der Waals surface area contributed by atoms with E-state index in [1.54, 1.807) is 23.5 Å². The Morgan fingerprint density at radius 1 is 1.43 bits per heavy atom. The van der Waals surface area contributed by atoms with Crippen molar-refractivity contribution in [2.45, 2.75) is 26.2 Å². The topological polar surface area (TPSA) is 74.2 Å². The standard InChI is InChI=1S/C19H17Br2N3O2S2/c1-9-3-4-11-13(8-22)18(28-15(11)5-9)24-19(27)23-17(25)12-6-10(20)7-14(21)16(12)26-2/h6-7,9H,3-5H2,1-2H3,(H2,23,24,25,27)/t9-/m1/s1. The fourth-order valence-electron chi connectivity index (χ4n) is 3.20. The molecule has 2 N–H and O–H groups in total. The number of thiocarbonyl (C=S) groups is 1. The molecule has 1 heterocycles. The maximum atomic E-state index is 12.7. The summed E-state index contributed by atoms with van der Waals surface area (Å²) in [6, 6.07) is 5.74. The van der Waals surface area contributed by atoms with Gasteiger partial charge < -0.3 is 10.1 Å². The van der Waals surface area contributed by atoms with Crippen LogP contribution in [0.15, 0.2) is 21.1 Å². The van der Waals surface area contributed by atoms with Gasteiger partial charge in [-0.3, -0.25) is 10.1 Å². The first-order chi connectivity index (χ1) is 13.3. The van der Waals surface area contributed by atoms with Gasteiger partial charge in [0.05, 0.1) is 22.7 Å². The molecule has 0 saturated heterocycles. The number of thiophene rings is 1. The van der Waals surface area contributed by atoms with Crippen LogP contribution in [0.1, 0.15) is 39.7 Å². The SMILES string of the molecule is COc1c(Br)cc(Br)cc1C(=O)NC(=S)Nc1sc2c(c1C#N)CC[C@@H](C)C2. The number of nitrogens with zero attached hydrogens (tertiary/aromatic N) is 1.